The van der Waals surface area contributed by atoms with Crippen LogP contribution < -0.4 is 0 Å². The molecule has 80 valence electrons. The summed E-state index contributed by atoms with van der Waals surface area (Å²) in [6.07, 6.45) is -1.25. The molecule has 2 nitrogen and oxygen atoms in total. The van der Waals surface area contributed by atoms with E-state index in [9.17, 15) is 18.0 Å². The highest BCUT2D eigenvalue weighted by molar-refractivity contribution is 5.91. The second-order valence-corrected chi connectivity index (χ2v) is 2.88. The number of hydrogen-bond acceptors (Lipinski definition) is 2. The zero-order valence-corrected chi connectivity index (χ0v) is 7.88. The number of rotatable bonds is 2. The minimum Gasteiger partial charge on any atom is -0.295 e. The molecule has 1 heterocycles. The monoisotopic (exact) mass is 215 g/mol. The third-order valence-electron chi connectivity index (χ3n) is 1.61. The summed E-state index contributed by atoms with van der Waals surface area (Å²) in [5.74, 6) is -0.313. The number of nitrogens with zero attached hydrogens (tertiary/aromatic N) is 1. The van der Waals surface area contributed by atoms with Gasteiger partial charge in [-0.2, -0.15) is 13.2 Å². The lowest BCUT2D eigenvalue weighted by Crippen LogP contribution is -2.09. The summed E-state index contributed by atoms with van der Waals surface area (Å²) in [4.78, 5) is 13.8. The number of pyridine rings is 1. The molecular weight excluding hydrogens is 207 g/mol. The van der Waals surface area contributed by atoms with Gasteiger partial charge in [-0.1, -0.05) is 6.07 Å². The lowest BCUT2D eigenvalue weighted by atomic mass is 10.1. The fourth-order valence-electron chi connectivity index (χ4n) is 0.996. The van der Waals surface area contributed by atoms with Crippen molar-refractivity contribution < 1.29 is 18.0 Å². The van der Waals surface area contributed by atoms with Gasteiger partial charge >= 0.3 is 6.18 Å². The van der Waals surface area contributed by atoms with E-state index in [1.54, 1.807) is 0 Å². The summed E-state index contributed by atoms with van der Waals surface area (Å²) in [6, 6.07) is 2.64. The van der Waals surface area contributed by atoms with Gasteiger partial charge < -0.3 is 0 Å². The maximum absolute atomic E-state index is 12.4. The summed E-state index contributed by atoms with van der Waals surface area (Å²) in [5, 5.41) is 0. The number of hydrogen-bond donors (Lipinski definition) is 0. The van der Waals surface area contributed by atoms with E-state index in [0.717, 1.165) is 18.3 Å². The minimum absolute atomic E-state index is 0.111. The Morgan fingerprint density at radius 1 is 1.47 bits per heavy atom. The molecule has 0 radical (unpaired) electrons. The molecule has 0 aliphatic rings. The molecule has 1 aromatic rings. The van der Waals surface area contributed by atoms with E-state index in [1.165, 1.54) is 19.1 Å². The molecule has 1 rings (SSSR count). The highest BCUT2D eigenvalue weighted by atomic mass is 19.4. The minimum atomic E-state index is -4.50. The standard InChI is InChI=1S/C10H8F3NO/c1-7(15)4-5-8-3-2-6-14-9(8)10(11,12)13/h2-6H,1H3/b5-4+. The normalized spacial score (nSPS) is 12.0. The van der Waals surface area contributed by atoms with Crippen molar-refractivity contribution in [3.63, 3.8) is 0 Å². The first kappa shape index (κ1) is 11.4. The van der Waals surface area contributed by atoms with Gasteiger partial charge in [-0.25, -0.2) is 0 Å². The first-order chi connectivity index (χ1) is 6.91. The van der Waals surface area contributed by atoms with Gasteiger partial charge in [0, 0.05) is 11.8 Å². The Bertz CT molecular complexity index is 396. The number of carbonyl (C=O) groups excluding carboxylic acids is 1. The predicted octanol–water partition coefficient (Wildman–Crippen LogP) is 2.70. The summed E-state index contributed by atoms with van der Waals surface area (Å²) in [5.41, 5.74) is -1.09. The molecule has 0 bridgehead atoms. The van der Waals surface area contributed by atoms with E-state index in [2.05, 4.69) is 4.98 Å². The molecule has 15 heavy (non-hydrogen) atoms. The SMILES string of the molecule is CC(=O)/C=C/c1cccnc1C(F)(F)F. The predicted molar refractivity (Wildman–Crippen MR) is 49.0 cm³/mol. The van der Waals surface area contributed by atoms with Crippen LogP contribution in [0.4, 0.5) is 13.2 Å². The van der Waals surface area contributed by atoms with Gasteiger partial charge in [0.15, 0.2) is 11.5 Å². The lowest BCUT2D eigenvalue weighted by molar-refractivity contribution is -0.141. The molecule has 0 saturated heterocycles. The van der Waals surface area contributed by atoms with Crippen LogP contribution in [0.2, 0.25) is 0 Å². The summed E-state index contributed by atoms with van der Waals surface area (Å²) >= 11 is 0. The molecule has 0 spiro atoms. The maximum atomic E-state index is 12.4. The molecule has 0 atom stereocenters. The van der Waals surface area contributed by atoms with Crippen LogP contribution in [-0.2, 0) is 11.0 Å². The number of halogens is 3. The number of carbonyl (C=O) groups is 1. The number of aromatic nitrogens is 1. The van der Waals surface area contributed by atoms with Gasteiger partial charge in [0.25, 0.3) is 0 Å². The van der Waals surface area contributed by atoms with Gasteiger partial charge in [-0.3, -0.25) is 9.78 Å². The molecule has 0 saturated carbocycles. The van der Waals surface area contributed by atoms with Gasteiger partial charge in [0.1, 0.15) is 0 Å². The lowest BCUT2D eigenvalue weighted by Gasteiger charge is -2.07. The van der Waals surface area contributed by atoms with Crippen molar-refractivity contribution in [1.82, 2.24) is 4.98 Å². The van der Waals surface area contributed by atoms with Crippen LogP contribution in [0.5, 0.6) is 0 Å². The van der Waals surface area contributed by atoms with E-state index in [1.807, 2.05) is 0 Å². The Hall–Kier alpha value is -1.65. The van der Waals surface area contributed by atoms with E-state index < -0.39 is 11.9 Å². The van der Waals surface area contributed by atoms with Gasteiger partial charge in [0.2, 0.25) is 0 Å². The molecule has 0 unspecified atom stereocenters. The Labute approximate surface area is 84.4 Å². The smallest absolute Gasteiger partial charge is 0.295 e. The molecule has 1 aromatic heterocycles. The number of alkyl halides is 3. The molecule has 0 fully saturated rings. The second kappa shape index (κ2) is 4.25. The molecule has 0 aliphatic carbocycles. The molecule has 0 aliphatic heterocycles. The van der Waals surface area contributed by atoms with Crippen LogP contribution in [0.15, 0.2) is 24.4 Å². The van der Waals surface area contributed by atoms with E-state index >= 15 is 0 Å². The van der Waals surface area contributed by atoms with Crippen molar-refractivity contribution in [3.05, 3.63) is 35.7 Å². The van der Waals surface area contributed by atoms with Crippen LogP contribution in [0.3, 0.4) is 0 Å². The van der Waals surface area contributed by atoms with Gasteiger partial charge in [-0.15, -0.1) is 0 Å². The van der Waals surface area contributed by atoms with E-state index in [4.69, 9.17) is 0 Å². The van der Waals surface area contributed by atoms with Crippen molar-refractivity contribution in [2.45, 2.75) is 13.1 Å². The Morgan fingerprint density at radius 3 is 2.67 bits per heavy atom. The van der Waals surface area contributed by atoms with Crippen LogP contribution >= 0.6 is 0 Å². The van der Waals surface area contributed by atoms with E-state index in [0.29, 0.717) is 0 Å². The van der Waals surface area contributed by atoms with Crippen molar-refractivity contribution in [2.75, 3.05) is 0 Å². The van der Waals surface area contributed by atoms with Crippen LogP contribution in [0.1, 0.15) is 18.2 Å². The van der Waals surface area contributed by atoms with Gasteiger partial charge in [-0.05, 0) is 25.1 Å². The Balaban J connectivity index is 3.13. The third-order valence-corrected chi connectivity index (χ3v) is 1.61. The highest BCUT2D eigenvalue weighted by Crippen LogP contribution is 2.30. The average Bonchev–Trinajstić information content (AvgIpc) is 2.13. The maximum Gasteiger partial charge on any atom is 0.433 e. The largest absolute Gasteiger partial charge is 0.433 e. The molecule has 5 heteroatoms. The fourth-order valence-corrected chi connectivity index (χ4v) is 0.996. The van der Waals surface area contributed by atoms with Crippen LogP contribution in [-0.4, -0.2) is 10.8 Å². The highest BCUT2D eigenvalue weighted by Gasteiger charge is 2.34. The fraction of sp³-hybridized carbons (Fsp3) is 0.200. The first-order valence-electron chi connectivity index (χ1n) is 4.12. The van der Waals surface area contributed by atoms with E-state index in [-0.39, 0.29) is 11.3 Å². The quantitative estimate of drug-likeness (QED) is 0.710. The summed E-state index contributed by atoms with van der Waals surface area (Å²) in [6.45, 7) is 1.26. The molecular formula is C10H8F3NO. The second-order valence-electron chi connectivity index (χ2n) is 2.88. The van der Waals surface area contributed by atoms with Gasteiger partial charge in [0.05, 0.1) is 0 Å². The molecule has 0 N–H and O–H groups in total. The number of allylic oxidation sites excluding steroid dienone is 1. The Kier molecular flexibility index (Phi) is 3.24. The molecule has 0 aromatic carbocycles. The topological polar surface area (TPSA) is 30.0 Å². The zero-order chi connectivity index (χ0) is 11.5. The average molecular weight is 215 g/mol. The summed E-state index contributed by atoms with van der Waals surface area (Å²) in [7, 11) is 0. The number of ketones is 1. The molecule has 0 amide bonds. The third kappa shape index (κ3) is 3.19. The van der Waals surface area contributed by atoms with Crippen molar-refractivity contribution in [2.24, 2.45) is 0 Å². The summed E-state index contributed by atoms with van der Waals surface area (Å²) < 4.78 is 37.2. The van der Waals surface area contributed by atoms with Crippen LogP contribution in [0.25, 0.3) is 6.08 Å². The van der Waals surface area contributed by atoms with Crippen molar-refractivity contribution in [3.8, 4) is 0 Å². The van der Waals surface area contributed by atoms with Crippen LogP contribution in [0, 0.1) is 0 Å². The van der Waals surface area contributed by atoms with Crippen molar-refractivity contribution in [1.29, 1.82) is 0 Å². The first-order valence-corrected chi connectivity index (χ1v) is 4.12. The van der Waals surface area contributed by atoms with Crippen molar-refractivity contribution >= 4 is 11.9 Å². The zero-order valence-electron chi connectivity index (χ0n) is 7.88. The Morgan fingerprint density at radius 2 is 2.13 bits per heavy atom.